The van der Waals surface area contributed by atoms with Crippen molar-refractivity contribution in [3.8, 4) is 5.75 Å². The highest BCUT2D eigenvalue weighted by atomic mass is 35.5. The van der Waals surface area contributed by atoms with Gasteiger partial charge in [0.15, 0.2) is 5.60 Å². The van der Waals surface area contributed by atoms with Crippen molar-refractivity contribution in [3.63, 3.8) is 0 Å². The van der Waals surface area contributed by atoms with Gasteiger partial charge >= 0.3 is 6.61 Å². The Morgan fingerprint density at radius 2 is 2.29 bits per heavy atom. The van der Waals surface area contributed by atoms with Gasteiger partial charge in [-0.1, -0.05) is 28.9 Å². The number of rotatable bonds is 5. The molecule has 0 aromatic heterocycles. The Balaban J connectivity index is 2.03. The molecule has 1 heterocycles. The largest absolute Gasteiger partial charge is 0.433 e. The molecular weight excluding hydrogens is 343 g/mol. The zero-order valence-corrected chi connectivity index (χ0v) is 13.4. The molecule has 2 rings (SSSR count). The average molecular weight is 356 g/mol. The van der Waals surface area contributed by atoms with Crippen LogP contribution in [0.1, 0.15) is 18.9 Å². The Kier molecular flexibility index (Phi) is 5.57. The molecule has 116 valence electrons. The van der Waals surface area contributed by atoms with Gasteiger partial charge in [0.05, 0.1) is 10.9 Å². The van der Waals surface area contributed by atoms with Crippen LogP contribution in [0.3, 0.4) is 0 Å². The highest BCUT2D eigenvalue weighted by Crippen LogP contribution is 2.35. The van der Waals surface area contributed by atoms with E-state index in [9.17, 15) is 8.78 Å². The summed E-state index contributed by atoms with van der Waals surface area (Å²) in [6.07, 6.45) is 0.590. The number of thioether (sulfide) groups is 1. The van der Waals surface area contributed by atoms with Gasteiger partial charge in [0.1, 0.15) is 10.8 Å². The van der Waals surface area contributed by atoms with Gasteiger partial charge in [-0.3, -0.25) is 0 Å². The number of halogens is 4. The van der Waals surface area contributed by atoms with Crippen molar-refractivity contribution in [1.82, 2.24) is 0 Å². The van der Waals surface area contributed by atoms with Crippen LogP contribution in [0, 0.1) is 0 Å². The number of oxime groups is 1. The van der Waals surface area contributed by atoms with E-state index in [1.165, 1.54) is 17.8 Å². The van der Waals surface area contributed by atoms with Crippen LogP contribution >= 0.6 is 35.0 Å². The van der Waals surface area contributed by atoms with E-state index in [4.69, 9.17) is 28.0 Å². The molecule has 0 bridgehead atoms. The molecule has 1 aromatic carbocycles. The summed E-state index contributed by atoms with van der Waals surface area (Å²) < 4.78 is 29.3. The molecule has 0 aliphatic carbocycles. The van der Waals surface area contributed by atoms with Gasteiger partial charge in [-0.15, -0.1) is 23.4 Å². The maximum atomic E-state index is 12.4. The lowest BCUT2D eigenvalue weighted by atomic mass is 10.1. The Morgan fingerprint density at radius 1 is 1.52 bits per heavy atom. The summed E-state index contributed by atoms with van der Waals surface area (Å²) in [5.74, 6) is 0.738. The summed E-state index contributed by atoms with van der Waals surface area (Å²) in [7, 11) is 0. The summed E-state index contributed by atoms with van der Waals surface area (Å²) >= 11 is 13.1. The van der Waals surface area contributed by atoms with Gasteiger partial charge < -0.3 is 9.57 Å². The first-order valence-corrected chi connectivity index (χ1v) is 7.99. The van der Waals surface area contributed by atoms with Crippen LogP contribution in [-0.4, -0.2) is 23.1 Å². The minimum atomic E-state index is -2.92. The van der Waals surface area contributed by atoms with Crippen LogP contribution in [0.5, 0.6) is 5.75 Å². The first-order valence-electron chi connectivity index (χ1n) is 6.09. The Bertz CT molecular complexity index is 545. The third-order valence-electron chi connectivity index (χ3n) is 2.83. The fourth-order valence-electron chi connectivity index (χ4n) is 1.74. The lowest BCUT2D eigenvalue weighted by Gasteiger charge is -2.16. The van der Waals surface area contributed by atoms with Crippen molar-refractivity contribution in [2.24, 2.45) is 5.16 Å². The molecular formula is C13H13Cl2F2NO2S. The highest BCUT2D eigenvalue weighted by molar-refractivity contribution is 8.13. The van der Waals surface area contributed by atoms with Crippen molar-refractivity contribution in [2.45, 2.75) is 31.3 Å². The molecule has 0 saturated heterocycles. The van der Waals surface area contributed by atoms with Crippen LogP contribution in [0.15, 0.2) is 23.4 Å². The molecule has 0 N–H and O–H groups in total. The molecule has 8 heteroatoms. The molecule has 0 saturated carbocycles. The lowest BCUT2D eigenvalue weighted by molar-refractivity contribution is -0.0502. The fourth-order valence-corrected chi connectivity index (χ4v) is 3.17. The molecule has 1 unspecified atom stereocenters. The Labute approximate surface area is 135 Å². The number of hydrogen-bond donors (Lipinski definition) is 0. The highest BCUT2D eigenvalue weighted by Gasteiger charge is 2.33. The minimum Gasteiger partial charge on any atom is -0.433 e. The summed E-state index contributed by atoms with van der Waals surface area (Å²) in [5, 5.41) is 4.88. The summed E-state index contributed by atoms with van der Waals surface area (Å²) in [5.41, 5.74) is 0.0792. The number of para-hydroxylation sites is 1. The standard InChI is InChI=1S/C13H13Cl2F2NO2S/c1-13(7-14)5-10(18-20-13)21-6-8-3-2-4-9(15)11(8)19-12(16)17/h2-4,12H,5-7H2,1H3. The minimum absolute atomic E-state index is 0.00119. The SMILES string of the molecule is CC1(CCl)CC(SCc2cccc(Cl)c2OC(F)F)=NO1. The normalized spacial score (nSPS) is 21.3. The smallest absolute Gasteiger partial charge is 0.387 e. The molecule has 0 radical (unpaired) electrons. The van der Waals surface area contributed by atoms with Crippen LogP contribution in [-0.2, 0) is 10.6 Å². The maximum Gasteiger partial charge on any atom is 0.387 e. The molecule has 1 aliphatic rings. The topological polar surface area (TPSA) is 30.8 Å². The van der Waals surface area contributed by atoms with Crippen molar-refractivity contribution in [2.75, 3.05) is 5.88 Å². The predicted octanol–water partition coefficient (Wildman–Crippen LogP) is 4.91. The van der Waals surface area contributed by atoms with E-state index in [1.807, 2.05) is 6.92 Å². The molecule has 3 nitrogen and oxygen atoms in total. The Hall–Kier alpha value is -0.720. The van der Waals surface area contributed by atoms with Crippen LogP contribution < -0.4 is 4.74 Å². The van der Waals surface area contributed by atoms with Crippen molar-refractivity contribution < 1.29 is 18.4 Å². The second kappa shape index (κ2) is 7.03. The molecule has 0 fully saturated rings. The van der Waals surface area contributed by atoms with E-state index in [-0.39, 0.29) is 10.8 Å². The Morgan fingerprint density at radius 3 is 2.90 bits per heavy atom. The van der Waals surface area contributed by atoms with E-state index < -0.39 is 12.2 Å². The predicted molar refractivity (Wildman–Crippen MR) is 81.6 cm³/mol. The molecule has 21 heavy (non-hydrogen) atoms. The van der Waals surface area contributed by atoms with Crippen LogP contribution in [0.25, 0.3) is 0 Å². The summed E-state index contributed by atoms with van der Waals surface area (Å²) in [4.78, 5) is 5.27. The number of hydrogen-bond acceptors (Lipinski definition) is 4. The average Bonchev–Trinajstić information content (AvgIpc) is 2.82. The third kappa shape index (κ3) is 4.37. The molecule has 0 spiro atoms. The number of nitrogens with zero attached hydrogens (tertiary/aromatic N) is 1. The van der Waals surface area contributed by atoms with E-state index in [1.54, 1.807) is 12.1 Å². The van der Waals surface area contributed by atoms with Crippen LogP contribution in [0.4, 0.5) is 8.78 Å². The van der Waals surface area contributed by atoms with Gasteiger partial charge in [-0.25, -0.2) is 0 Å². The monoisotopic (exact) mass is 355 g/mol. The maximum absolute atomic E-state index is 12.4. The second-order valence-corrected chi connectivity index (χ2v) is 6.45. The van der Waals surface area contributed by atoms with E-state index in [2.05, 4.69) is 9.89 Å². The third-order valence-corrected chi connectivity index (χ3v) is 4.70. The van der Waals surface area contributed by atoms with Gasteiger partial charge in [0.2, 0.25) is 0 Å². The quantitative estimate of drug-likeness (QED) is 0.703. The fraction of sp³-hybridized carbons (Fsp3) is 0.462. The van der Waals surface area contributed by atoms with Crippen molar-refractivity contribution in [3.05, 3.63) is 28.8 Å². The molecule has 0 amide bonds. The first-order chi connectivity index (χ1) is 9.93. The summed E-state index contributed by atoms with van der Waals surface area (Å²) in [6, 6.07) is 4.88. The van der Waals surface area contributed by atoms with Gasteiger partial charge in [0, 0.05) is 17.7 Å². The second-order valence-electron chi connectivity index (χ2n) is 4.73. The van der Waals surface area contributed by atoms with Gasteiger partial charge in [-0.2, -0.15) is 8.78 Å². The molecule has 1 aliphatic heterocycles. The number of ether oxygens (including phenoxy) is 1. The van der Waals surface area contributed by atoms with Crippen molar-refractivity contribution in [1.29, 1.82) is 0 Å². The zero-order chi connectivity index (χ0) is 15.5. The van der Waals surface area contributed by atoms with Crippen LogP contribution in [0.2, 0.25) is 5.02 Å². The van der Waals surface area contributed by atoms with E-state index in [0.717, 1.165) is 5.04 Å². The van der Waals surface area contributed by atoms with Gasteiger partial charge in [-0.05, 0) is 13.0 Å². The van der Waals surface area contributed by atoms with E-state index in [0.29, 0.717) is 23.6 Å². The zero-order valence-electron chi connectivity index (χ0n) is 11.1. The van der Waals surface area contributed by atoms with Crippen molar-refractivity contribution >= 4 is 40.0 Å². The number of alkyl halides is 3. The molecule has 1 atom stereocenters. The molecule has 1 aromatic rings. The lowest BCUT2D eigenvalue weighted by Crippen LogP contribution is -2.26. The first kappa shape index (κ1) is 16.6. The summed E-state index contributed by atoms with van der Waals surface area (Å²) in [6.45, 7) is -1.05. The number of benzene rings is 1. The van der Waals surface area contributed by atoms with Gasteiger partial charge in [0.25, 0.3) is 0 Å². The van der Waals surface area contributed by atoms with E-state index >= 15 is 0 Å².